The number of aryl methyl sites for hydroxylation is 1. The molecule has 0 aliphatic rings. The summed E-state index contributed by atoms with van der Waals surface area (Å²) in [6.45, 7) is 4.12. The highest BCUT2D eigenvalue weighted by Crippen LogP contribution is 2.22. The van der Waals surface area contributed by atoms with Crippen LogP contribution in [0.1, 0.15) is 24.1 Å². The van der Waals surface area contributed by atoms with Gasteiger partial charge in [0.15, 0.2) is 0 Å². The van der Waals surface area contributed by atoms with Gasteiger partial charge in [-0.05, 0) is 24.3 Å². The first-order valence-electron chi connectivity index (χ1n) is 4.95. The first kappa shape index (κ1) is 12.3. The Kier molecular flexibility index (Phi) is 4.87. The van der Waals surface area contributed by atoms with Crippen molar-refractivity contribution in [2.75, 3.05) is 17.2 Å². The second kappa shape index (κ2) is 5.95. The van der Waals surface area contributed by atoms with E-state index in [9.17, 15) is 0 Å². The lowest BCUT2D eigenvalue weighted by molar-refractivity contribution is 0.610. The smallest absolute Gasteiger partial charge is 0.128 e. The van der Waals surface area contributed by atoms with E-state index in [0.717, 1.165) is 22.6 Å². The van der Waals surface area contributed by atoms with E-state index in [2.05, 4.69) is 17.3 Å². The molecule has 5 N–H and O–H groups in total. The number of nitrogens with two attached hydrogens (primary N) is 2. The van der Waals surface area contributed by atoms with Gasteiger partial charge >= 0.3 is 0 Å². The molecule has 0 saturated heterocycles. The molecule has 0 aromatic carbocycles. The number of anilines is 1. The van der Waals surface area contributed by atoms with Crippen LogP contribution in [0, 0.1) is 6.92 Å². The highest BCUT2D eigenvalue weighted by atomic mass is 32.2. The van der Waals surface area contributed by atoms with Crippen LogP contribution in [-0.2, 0) is 0 Å². The average molecular weight is 226 g/mol. The number of rotatable bonds is 5. The maximum Gasteiger partial charge on any atom is 0.128 e. The zero-order valence-electron chi connectivity index (χ0n) is 9.16. The van der Waals surface area contributed by atoms with Crippen molar-refractivity contribution < 1.29 is 0 Å². The monoisotopic (exact) mass is 226 g/mol. The molecule has 0 bridgehead atoms. The summed E-state index contributed by atoms with van der Waals surface area (Å²) >= 11 is 1.82. The predicted molar refractivity (Wildman–Crippen MR) is 66.4 cm³/mol. The van der Waals surface area contributed by atoms with Crippen molar-refractivity contribution in [3.8, 4) is 0 Å². The van der Waals surface area contributed by atoms with Crippen LogP contribution in [0.3, 0.4) is 0 Å². The highest BCUT2D eigenvalue weighted by Gasteiger charge is 2.13. The Balaban J connectivity index is 2.85. The highest BCUT2D eigenvalue weighted by molar-refractivity contribution is 7.99. The Hall–Kier alpha value is -0.780. The van der Waals surface area contributed by atoms with E-state index in [1.165, 1.54) is 0 Å². The van der Waals surface area contributed by atoms with Crippen molar-refractivity contribution in [3.05, 3.63) is 23.4 Å². The molecule has 0 aliphatic heterocycles. The van der Waals surface area contributed by atoms with E-state index in [1.54, 1.807) is 6.20 Å². The third-order valence-electron chi connectivity index (χ3n) is 2.15. The average Bonchev–Trinajstić information content (AvgIpc) is 2.24. The zero-order chi connectivity index (χ0) is 11.3. The third kappa shape index (κ3) is 3.37. The maximum atomic E-state index is 5.82. The molecule has 1 heterocycles. The lowest BCUT2D eigenvalue weighted by Gasteiger charge is -2.17. The van der Waals surface area contributed by atoms with Gasteiger partial charge in [-0.2, -0.15) is 11.8 Å². The lowest BCUT2D eigenvalue weighted by atomic mass is 10.1. The van der Waals surface area contributed by atoms with Gasteiger partial charge in [0.1, 0.15) is 5.82 Å². The van der Waals surface area contributed by atoms with Crippen molar-refractivity contribution in [3.63, 3.8) is 0 Å². The van der Waals surface area contributed by atoms with Crippen LogP contribution in [0.2, 0.25) is 0 Å². The molecule has 15 heavy (non-hydrogen) atoms. The summed E-state index contributed by atoms with van der Waals surface area (Å²) in [7, 11) is 0. The molecule has 1 atom stereocenters. The molecule has 0 radical (unpaired) electrons. The Morgan fingerprint density at radius 2 is 2.33 bits per heavy atom. The van der Waals surface area contributed by atoms with Crippen LogP contribution in [0.25, 0.3) is 0 Å². The molecule has 0 spiro atoms. The Morgan fingerprint density at radius 3 is 2.93 bits per heavy atom. The van der Waals surface area contributed by atoms with Crippen molar-refractivity contribution in [1.82, 2.24) is 10.4 Å². The second-order valence-electron chi connectivity index (χ2n) is 3.37. The van der Waals surface area contributed by atoms with Crippen LogP contribution < -0.4 is 17.0 Å². The molecule has 1 unspecified atom stereocenters. The summed E-state index contributed by atoms with van der Waals surface area (Å²) in [5.74, 6) is 8.05. The summed E-state index contributed by atoms with van der Waals surface area (Å²) in [5, 5.41) is 0. The van der Waals surface area contributed by atoms with Gasteiger partial charge in [0, 0.05) is 17.5 Å². The molecule has 5 heteroatoms. The van der Waals surface area contributed by atoms with Crippen molar-refractivity contribution in [2.45, 2.75) is 19.9 Å². The van der Waals surface area contributed by atoms with Gasteiger partial charge < -0.3 is 5.73 Å². The Labute approximate surface area is 94.8 Å². The molecule has 0 aliphatic carbocycles. The minimum absolute atomic E-state index is 0.0716. The van der Waals surface area contributed by atoms with E-state index in [4.69, 9.17) is 11.6 Å². The summed E-state index contributed by atoms with van der Waals surface area (Å²) in [5.41, 5.74) is 10.7. The number of hydrogen-bond acceptors (Lipinski definition) is 5. The third-order valence-corrected chi connectivity index (χ3v) is 3.13. The quantitative estimate of drug-likeness (QED) is 0.520. The predicted octanol–water partition coefficient (Wildman–Crippen LogP) is 1.23. The van der Waals surface area contributed by atoms with E-state index < -0.39 is 0 Å². The summed E-state index contributed by atoms with van der Waals surface area (Å²) in [6.07, 6.45) is 1.76. The minimum Gasteiger partial charge on any atom is -0.383 e. The largest absolute Gasteiger partial charge is 0.383 e. The Morgan fingerprint density at radius 1 is 1.60 bits per heavy atom. The van der Waals surface area contributed by atoms with Crippen LogP contribution in [0.15, 0.2) is 12.3 Å². The molecule has 1 aromatic rings. The summed E-state index contributed by atoms with van der Waals surface area (Å²) in [4.78, 5) is 4.13. The van der Waals surface area contributed by atoms with Gasteiger partial charge in [-0.15, -0.1) is 0 Å². The molecule has 4 nitrogen and oxygen atoms in total. The number of pyridine rings is 1. The molecule has 0 amide bonds. The molecule has 1 aromatic heterocycles. The number of hydrazine groups is 1. The maximum absolute atomic E-state index is 5.82. The van der Waals surface area contributed by atoms with Crippen LogP contribution in [0.4, 0.5) is 5.82 Å². The number of hydrogen-bond donors (Lipinski definition) is 3. The number of nitrogens with one attached hydrogen (secondary N) is 1. The normalized spacial score (nSPS) is 12.7. The number of nitrogen functional groups attached to an aromatic ring is 1. The van der Waals surface area contributed by atoms with E-state index >= 15 is 0 Å². The van der Waals surface area contributed by atoms with Crippen LogP contribution in [-0.4, -0.2) is 16.5 Å². The van der Waals surface area contributed by atoms with E-state index in [0.29, 0.717) is 5.82 Å². The SMILES string of the molecule is CCSCC(NN)c1cc(C)cnc1N. The number of thioether (sulfide) groups is 1. The van der Waals surface area contributed by atoms with Gasteiger partial charge in [0.05, 0.1) is 6.04 Å². The van der Waals surface area contributed by atoms with Crippen LogP contribution in [0.5, 0.6) is 0 Å². The van der Waals surface area contributed by atoms with Gasteiger partial charge in [-0.3, -0.25) is 11.3 Å². The fourth-order valence-electron chi connectivity index (χ4n) is 1.34. The first-order chi connectivity index (χ1) is 7.19. The summed E-state index contributed by atoms with van der Waals surface area (Å²) in [6, 6.07) is 2.10. The van der Waals surface area contributed by atoms with E-state index in [1.807, 2.05) is 24.8 Å². The van der Waals surface area contributed by atoms with E-state index in [-0.39, 0.29) is 6.04 Å². The van der Waals surface area contributed by atoms with Crippen LogP contribution >= 0.6 is 11.8 Å². The molecular weight excluding hydrogens is 208 g/mol. The molecule has 1 rings (SSSR count). The van der Waals surface area contributed by atoms with Gasteiger partial charge in [0.25, 0.3) is 0 Å². The van der Waals surface area contributed by atoms with Crippen molar-refractivity contribution in [1.29, 1.82) is 0 Å². The second-order valence-corrected chi connectivity index (χ2v) is 4.68. The molecule has 84 valence electrons. The zero-order valence-corrected chi connectivity index (χ0v) is 9.97. The fraction of sp³-hybridized carbons (Fsp3) is 0.500. The fourth-order valence-corrected chi connectivity index (χ4v) is 2.09. The van der Waals surface area contributed by atoms with Gasteiger partial charge in [0.2, 0.25) is 0 Å². The number of nitrogens with zero attached hydrogens (tertiary/aromatic N) is 1. The van der Waals surface area contributed by atoms with Gasteiger partial charge in [-0.1, -0.05) is 6.92 Å². The van der Waals surface area contributed by atoms with Crippen molar-refractivity contribution >= 4 is 17.6 Å². The minimum atomic E-state index is 0.0716. The summed E-state index contributed by atoms with van der Waals surface area (Å²) < 4.78 is 0. The lowest BCUT2D eigenvalue weighted by Crippen LogP contribution is -2.30. The Bertz CT molecular complexity index is 316. The first-order valence-corrected chi connectivity index (χ1v) is 6.10. The topological polar surface area (TPSA) is 77.0 Å². The standard InChI is InChI=1S/C10H18N4S/c1-3-15-6-9(14-12)8-4-7(2)5-13-10(8)11/h4-5,9,14H,3,6,12H2,1-2H3,(H2,11,13). The number of aromatic nitrogens is 1. The molecule has 0 fully saturated rings. The molecular formula is C10H18N4S. The van der Waals surface area contributed by atoms with Gasteiger partial charge in [-0.25, -0.2) is 4.98 Å². The molecule has 0 saturated carbocycles. The van der Waals surface area contributed by atoms with Crippen molar-refractivity contribution in [2.24, 2.45) is 5.84 Å².